The molecule has 0 aromatic rings. The quantitative estimate of drug-likeness (QED) is 0.660. The van der Waals surface area contributed by atoms with E-state index >= 15 is 0 Å². The molecule has 124 valence electrons. The molecule has 2 heteroatoms. The highest BCUT2D eigenvalue weighted by Crippen LogP contribution is 2.66. The molecule has 0 aromatic carbocycles. The summed E-state index contributed by atoms with van der Waals surface area (Å²) in [6.07, 6.45) is 7.54. The van der Waals surface area contributed by atoms with Gasteiger partial charge in [0.05, 0.1) is 0 Å². The van der Waals surface area contributed by atoms with Gasteiger partial charge in [-0.2, -0.15) is 0 Å². The lowest BCUT2D eigenvalue weighted by atomic mass is 9.45. The van der Waals surface area contributed by atoms with Gasteiger partial charge in [-0.3, -0.25) is 9.59 Å². The third-order valence-electron chi connectivity index (χ3n) is 8.20. The molecule has 4 aliphatic carbocycles. The van der Waals surface area contributed by atoms with Crippen LogP contribution >= 0.6 is 0 Å². The summed E-state index contributed by atoms with van der Waals surface area (Å²) >= 11 is 0. The van der Waals surface area contributed by atoms with Crippen LogP contribution in [0.5, 0.6) is 0 Å². The number of rotatable bonds is 0. The SMILES string of the molecule is C=C1C[C@@H]2[C@H](CC[C@]3(C)C(=O)CC[C@@H]23)[C@]2(C)C1=CC(=O)C[C@H]2C. The minimum absolute atomic E-state index is 0.0703. The van der Waals surface area contributed by atoms with Gasteiger partial charge in [0.15, 0.2) is 5.78 Å². The smallest absolute Gasteiger partial charge is 0.156 e. The average Bonchev–Trinajstić information content (AvgIpc) is 2.78. The normalized spacial score (nSPS) is 49.3. The molecule has 2 nitrogen and oxygen atoms in total. The average molecular weight is 312 g/mol. The molecule has 4 rings (SSSR count). The van der Waals surface area contributed by atoms with Crippen LogP contribution in [-0.2, 0) is 9.59 Å². The van der Waals surface area contributed by atoms with E-state index in [4.69, 9.17) is 0 Å². The lowest BCUT2D eigenvalue weighted by Gasteiger charge is -2.59. The number of ketones is 2. The summed E-state index contributed by atoms with van der Waals surface area (Å²) < 4.78 is 0. The van der Waals surface area contributed by atoms with Crippen molar-refractivity contribution in [2.24, 2.45) is 34.5 Å². The van der Waals surface area contributed by atoms with E-state index in [0.717, 1.165) is 37.7 Å². The maximum atomic E-state index is 12.5. The molecule has 0 bridgehead atoms. The van der Waals surface area contributed by atoms with Crippen LogP contribution in [0.2, 0.25) is 0 Å². The van der Waals surface area contributed by atoms with Gasteiger partial charge in [-0.15, -0.1) is 0 Å². The fraction of sp³-hybridized carbons (Fsp3) is 0.714. The van der Waals surface area contributed by atoms with Crippen LogP contribution in [-0.4, -0.2) is 11.6 Å². The Morgan fingerprint density at radius 3 is 2.61 bits per heavy atom. The molecule has 3 fully saturated rings. The Morgan fingerprint density at radius 2 is 1.87 bits per heavy atom. The van der Waals surface area contributed by atoms with Crippen LogP contribution in [0.1, 0.15) is 59.3 Å². The Bertz CT molecular complexity index is 642. The van der Waals surface area contributed by atoms with Crippen molar-refractivity contribution in [3.63, 3.8) is 0 Å². The zero-order chi connectivity index (χ0) is 16.6. The zero-order valence-corrected chi connectivity index (χ0v) is 14.7. The fourth-order valence-electron chi connectivity index (χ4n) is 6.69. The summed E-state index contributed by atoms with van der Waals surface area (Å²) in [7, 11) is 0. The predicted octanol–water partition coefficient (Wildman–Crippen LogP) is 4.50. The van der Waals surface area contributed by atoms with Crippen molar-refractivity contribution in [1.82, 2.24) is 0 Å². The minimum Gasteiger partial charge on any atom is -0.299 e. The molecule has 0 amide bonds. The lowest BCUT2D eigenvalue weighted by molar-refractivity contribution is -0.132. The minimum atomic E-state index is -0.0905. The third-order valence-corrected chi connectivity index (χ3v) is 8.20. The number of carbonyl (C=O) groups is 2. The second kappa shape index (κ2) is 4.68. The number of hydrogen-bond donors (Lipinski definition) is 0. The number of hydrogen-bond acceptors (Lipinski definition) is 2. The van der Waals surface area contributed by atoms with Crippen molar-refractivity contribution in [3.8, 4) is 0 Å². The van der Waals surface area contributed by atoms with Gasteiger partial charge in [0, 0.05) is 18.3 Å². The van der Waals surface area contributed by atoms with Gasteiger partial charge in [0.1, 0.15) is 5.78 Å². The molecule has 3 saturated carbocycles. The topological polar surface area (TPSA) is 34.1 Å². The molecule has 0 heterocycles. The maximum Gasteiger partial charge on any atom is 0.156 e. The molecule has 4 aliphatic rings. The Morgan fingerprint density at radius 1 is 1.13 bits per heavy atom. The highest BCUT2D eigenvalue weighted by molar-refractivity contribution is 5.93. The molecule has 23 heavy (non-hydrogen) atoms. The molecule has 0 unspecified atom stereocenters. The standard InChI is InChI=1S/C21H28O2/c1-12-9-15-16-5-6-19(23)20(16,3)8-7-17(15)21(4)13(2)10-14(22)11-18(12)21/h11,13,15-17H,1,5-10H2,2-4H3/t13-,15+,16+,17+,20+,21-/m1/s1. The van der Waals surface area contributed by atoms with Crippen molar-refractivity contribution >= 4 is 11.6 Å². The zero-order valence-electron chi connectivity index (χ0n) is 14.7. The summed E-state index contributed by atoms with van der Waals surface area (Å²) in [5.41, 5.74) is 2.38. The van der Waals surface area contributed by atoms with Crippen molar-refractivity contribution in [2.75, 3.05) is 0 Å². The molecule has 0 radical (unpaired) electrons. The molecular formula is C21H28O2. The van der Waals surface area contributed by atoms with E-state index in [1.807, 2.05) is 6.08 Å². The van der Waals surface area contributed by atoms with E-state index in [-0.39, 0.29) is 16.6 Å². The van der Waals surface area contributed by atoms with Gasteiger partial charge in [0.25, 0.3) is 0 Å². The van der Waals surface area contributed by atoms with Crippen molar-refractivity contribution in [1.29, 1.82) is 0 Å². The molecule has 0 aliphatic heterocycles. The summed E-state index contributed by atoms with van der Waals surface area (Å²) in [6.45, 7) is 11.2. The molecular weight excluding hydrogens is 284 g/mol. The highest BCUT2D eigenvalue weighted by Gasteiger charge is 2.60. The van der Waals surface area contributed by atoms with Crippen molar-refractivity contribution < 1.29 is 9.59 Å². The first-order chi connectivity index (χ1) is 10.8. The molecule has 6 atom stereocenters. The van der Waals surface area contributed by atoms with E-state index in [2.05, 4.69) is 27.4 Å². The first-order valence-corrected chi connectivity index (χ1v) is 9.25. The van der Waals surface area contributed by atoms with Crippen LogP contribution in [0.4, 0.5) is 0 Å². The van der Waals surface area contributed by atoms with Crippen molar-refractivity contribution in [3.05, 3.63) is 23.8 Å². The van der Waals surface area contributed by atoms with Gasteiger partial charge < -0.3 is 0 Å². The van der Waals surface area contributed by atoms with E-state index in [1.165, 1.54) is 5.57 Å². The van der Waals surface area contributed by atoms with Gasteiger partial charge in [-0.1, -0.05) is 32.9 Å². The summed E-state index contributed by atoms with van der Waals surface area (Å²) in [5.74, 6) is 2.83. The van der Waals surface area contributed by atoms with E-state index in [1.54, 1.807) is 0 Å². The summed E-state index contributed by atoms with van der Waals surface area (Å²) in [5, 5.41) is 0. The van der Waals surface area contributed by atoms with E-state index in [0.29, 0.717) is 35.9 Å². The van der Waals surface area contributed by atoms with Crippen LogP contribution < -0.4 is 0 Å². The van der Waals surface area contributed by atoms with Gasteiger partial charge >= 0.3 is 0 Å². The summed E-state index contributed by atoms with van der Waals surface area (Å²) in [6, 6.07) is 0. The van der Waals surface area contributed by atoms with E-state index < -0.39 is 0 Å². The van der Waals surface area contributed by atoms with Gasteiger partial charge in [-0.05, 0) is 66.4 Å². The number of allylic oxidation sites excluding steroid dienone is 2. The van der Waals surface area contributed by atoms with Crippen molar-refractivity contribution in [2.45, 2.75) is 59.3 Å². The Kier molecular flexibility index (Phi) is 3.12. The van der Waals surface area contributed by atoms with Gasteiger partial charge in [0.2, 0.25) is 0 Å². The number of fused-ring (bicyclic) bond motifs is 5. The number of Topliss-reactive ketones (excluding diaryl/α,β-unsaturated/α-hetero) is 1. The summed E-state index contributed by atoms with van der Waals surface area (Å²) in [4.78, 5) is 24.6. The molecule has 0 spiro atoms. The largest absolute Gasteiger partial charge is 0.299 e. The first-order valence-electron chi connectivity index (χ1n) is 9.25. The third kappa shape index (κ3) is 1.81. The molecule has 0 aromatic heterocycles. The van der Waals surface area contributed by atoms with Crippen LogP contribution in [0.3, 0.4) is 0 Å². The van der Waals surface area contributed by atoms with Gasteiger partial charge in [-0.25, -0.2) is 0 Å². The van der Waals surface area contributed by atoms with Crippen LogP contribution in [0, 0.1) is 34.5 Å². The van der Waals surface area contributed by atoms with Crippen LogP contribution in [0.15, 0.2) is 23.8 Å². The number of carbonyl (C=O) groups excluding carboxylic acids is 2. The highest BCUT2D eigenvalue weighted by atomic mass is 16.1. The lowest BCUT2D eigenvalue weighted by Crippen LogP contribution is -2.53. The second-order valence-electron chi connectivity index (χ2n) is 9.01. The predicted molar refractivity (Wildman–Crippen MR) is 90.8 cm³/mol. The first kappa shape index (κ1) is 15.4. The Hall–Kier alpha value is -1.18. The molecule has 0 saturated heterocycles. The Balaban J connectivity index is 1.79. The van der Waals surface area contributed by atoms with E-state index in [9.17, 15) is 9.59 Å². The monoisotopic (exact) mass is 312 g/mol. The maximum absolute atomic E-state index is 12.5. The Labute approximate surface area is 139 Å². The molecule has 0 N–H and O–H groups in total. The van der Waals surface area contributed by atoms with Crippen LogP contribution in [0.25, 0.3) is 0 Å². The fourth-order valence-corrected chi connectivity index (χ4v) is 6.69. The second-order valence-corrected chi connectivity index (χ2v) is 9.01.